The summed E-state index contributed by atoms with van der Waals surface area (Å²) in [6, 6.07) is 16.7. The summed E-state index contributed by atoms with van der Waals surface area (Å²) in [5.74, 6) is 1.49. The van der Waals surface area contributed by atoms with E-state index in [1.165, 1.54) is 12.8 Å². The van der Waals surface area contributed by atoms with Gasteiger partial charge in [-0.1, -0.05) is 30.3 Å². The van der Waals surface area contributed by atoms with Crippen LogP contribution in [0, 0.1) is 5.92 Å². The molecule has 1 saturated heterocycles. The quantitative estimate of drug-likeness (QED) is 0.651. The number of halogens is 1. The van der Waals surface area contributed by atoms with Crippen LogP contribution in [0.15, 0.2) is 54.6 Å². The second-order valence-electron chi connectivity index (χ2n) is 8.01. The van der Waals surface area contributed by atoms with E-state index in [1.807, 2.05) is 23.1 Å². The molecular formula is C24H29ClN2O3. The maximum absolute atomic E-state index is 12.4. The topological polar surface area (TPSA) is 58.6 Å². The lowest BCUT2D eigenvalue weighted by Gasteiger charge is -2.32. The molecule has 1 heterocycles. The molecule has 0 atom stereocenters. The van der Waals surface area contributed by atoms with Crippen molar-refractivity contribution in [3.8, 4) is 5.75 Å². The SMILES string of the molecule is Cl.O=C(c1ccccc1)c1ccc(OCC(=O)N2CCC(NCC3CC3)CC2)cc1. The Balaban J connectivity index is 0.00000256. The second kappa shape index (κ2) is 10.6. The highest BCUT2D eigenvalue weighted by molar-refractivity contribution is 6.08. The van der Waals surface area contributed by atoms with Crippen molar-refractivity contribution in [2.45, 2.75) is 31.7 Å². The summed E-state index contributed by atoms with van der Waals surface area (Å²) in [6.07, 6.45) is 4.75. The van der Waals surface area contributed by atoms with Crippen LogP contribution >= 0.6 is 12.4 Å². The van der Waals surface area contributed by atoms with E-state index in [0.29, 0.717) is 22.9 Å². The van der Waals surface area contributed by atoms with Gasteiger partial charge in [0.15, 0.2) is 12.4 Å². The van der Waals surface area contributed by atoms with Crippen LogP contribution in [0.1, 0.15) is 41.6 Å². The molecule has 160 valence electrons. The molecular weight excluding hydrogens is 400 g/mol. The molecule has 5 nitrogen and oxygen atoms in total. The molecule has 0 spiro atoms. The maximum atomic E-state index is 12.4. The summed E-state index contributed by atoms with van der Waals surface area (Å²) < 4.78 is 5.66. The van der Waals surface area contributed by atoms with Crippen molar-refractivity contribution < 1.29 is 14.3 Å². The minimum absolute atomic E-state index is 0. The molecule has 30 heavy (non-hydrogen) atoms. The molecule has 6 heteroatoms. The fourth-order valence-corrected chi connectivity index (χ4v) is 3.68. The zero-order chi connectivity index (χ0) is 20.1. The molecule has 1 saturated carbocycles. The molecule has 0 radical (unpaired) electrons. The number of likely N-dealkylation sites (tertiary alicyclic amines) is 1. The average molecular weight is 429 g/mol. The number of ether oxygens (including phenoxy) is 1. The molecule has 0 unspecified atom stereocenters. The van der Waals surface area contributed by atoms with Gasteiger partial charge in [-0.25, -0.2) is 0 Å². The van der Waals surface area contributed by atoms with Crippen LogP contribution in [0.2, 0.25) is 0 Å². The van der Waals surface area contributed by atoms with Crippen molar-refractivity contribution in [3.63, 3.8) is 0 Å². The Morgan fingerprint density at radius 2 is 1.53 bits per heavy atom. The Morgan fingerprint density at radius 1 is 0.900 bits per heavy atom. The van der Waals surface area contributed by atoms with Crippen molar-refractivity contribution in [1.82, 2.24) is 10.2 Å². The van der Waals surface area contributed by atoms with Gasteiger partial charge in [0.25, 0.3) is 5.91 Å². The lowest BCUT2D eigenvalue weighted by atomic mass is 10.0. The van der Waals surface area contributed by atoms with Gasteiger partial charge < -0.3 is 15.0 Å². The third kappa shape index (κ3) is 6.07. The van der Waals surface area contributed by atoms with Gasteiger partial charge in [0.1, 0.15) is 5.75 Å². The molecule has 1 aliphatic carbocycles. The highest BCUT2D eigenvalue weighted by atomic mass is 35.5. The highest BCUT2D eigenvalue weighted by Gasteiger charge is 2.26. The fraction of sp³-hybridized carbons (Fsp3) is 0.417. The number of benzene rings is 2. The van der Waals surface area contributed by atoms with E-state index in [-0.39, 0.29) is 30.7 Å². The largest absolute Gasteiger partial charge is 0.484 e. The summed E-state index contributed by atoms with van der Waals surface area (Å²) in [4.78, 5) is 26.8. The van der Waals surface area contributed by atoms with E-state index in [0.717, 1.165) is 38.4 Å². The third-order valence-corrected chi connectivity index (χ3v) is 5.75. The number of piperidine rings is 1. The predicted octanol–water partition coefficient (Wildman–Crippen LogP) is 3.71. The van der Waals surface area contributed by atoms with Gasteiger partial charge in [-0.3, -0.25) is 9.59 Å². The predicted molar refractivity (Wildman–Crippen MR) is 119 cm³/mol. The number of amides is 1. The summed E-state index contributed by atoms with van der Waals surface area (Å²) >= 11 is 0. The average Bonchev–Trinajstić information content (AvgIpc) is 3.61. The van der Waals surface area contributed by atoms with E-state index >= 15 is 0 Å². The van der Waals surface area contributed by atoms with Gasteiger partial charge in [0.05, 0.1) is 0 Å². The van der Waals surface area contributed by atoms with Gasteiger partial charge in [-0.2, -0.15) is 0 Å². The Kier molecular flexibility index (Phi) is 7.88. The first kappa shape index (κ1) is 22.3. The first-order chi connectivity index (χ1) is 14.2. The van der Waals surface area contributed by atoms with Crippen molar-refractivity contribution in [3.05, 3.63) is 65.7 Å². The number of rotatable bonds is 8. The Bertz CT molecular complexity index is 829. The van der Waals surface area contributed by atoms with Gasteiger partial charge in [-0.15, -0.1) is 12.4 Å². The maximum Gasteiger partial charge on any atom is 0.260 e. The molecule has 2 fully saturated rings. The van der Waals surface area contributed by atoms with E-state index in [2.05, 4.69) is 5.32 Å². The summed E-state index contributed by atoms with van der Waals surface area (Å²) in [5, 5.41) is 3.63. The summed E-state index contributed by atoms with van der Waals surface area (Å²) in [7, 11) is 0. The number of carbonyl (C=O) groups excluding carboxylic acids is 2. The molecule has 4 rings (SSSR count). The van der Waals surface area contributed by atoms with Crippen LogP contribution in [0.5, 0.6) is 5.75 Å². The second-order valence-corrected chi connectivity index (χ2v) is 8.01. The van der Waals surface area contributed by atoms with Crippen LogP contribution in [-0.4, -0.2) is 48.9 Å². The summed E-state index contributed by atoms with van der Waals surface area (Å²) in [5.41, 5.74) is 1.27. The molecule has 0 aromatic heterocycles. The van der Waals surface area contributed by atoms with Gasteiger partial charge in [-0.05, 0) is 62.4 Å². The number of hydrogen-bond donors (Lipinski definition) is 1. The van der Waals surface area contributed by atoms with E-state index in [1.54, 1.807) is 36.4 Å². The molecule has 0 bridgehead atoms. The van der Waals surface area contributed by atoms with Crippen LogP contribution in [0.4, 0.5) is 0 Å². The molecule has 2 aromatic rings. The van der Waals surface area contributed by atoms with Gasteiger partial charge >= 0.3 is 0 Å². The van der Waals surface area contributed by atoms with E-state index in [9.17, 15) is 9.59 Å². The van der Waals surface area contributed by atoms with Crippen molar-refractivity contribution >= 4 is 24.1 Å². The molecule has 1 amide bonds. The Hall–Kier alpha value is -2.37. The number of hydrogen-bond acceptors (Lipinski definition) is 4. The number of carbonyl (C=O) groups is 2. The first-order valence-corrected chi connectivity index (χ1v) is 10.5. The van der Waals surface area contributed by atoms with Gasteiger partial charge in [0, 0.05) is 30.3 Å². The standard InChI is InChI=1S/C24H28N2O3.ClH/c27-23(26-14-12-21(13-15-26)25-16-18-6-7-18)17-29-22-10-8-20(9-11-22)24(28)19-4-2-1-3-5-19;/h1-5,8-11,18,21,25H,6-7,12-17H2;1H. The van der Waals surface area contributed by atoms with E-state index < -0.39 is 0 Å². The lowest BCUT2D eigenvalue weighted by molar-refractivity contribution is -0.134. The zero-order valence-corrected chi connectivity index (χ0v) is 17.9. The fourth-order valence-electron chi connectivity index (χ4n) is 3.68. The van der Waals surface area contributed by atoms with Gasteiger partial charge in [0.2, 0.25) is 0 Å². The molecule has 1 aliphatic heterocycles. The van der Waals surface area contributed by atoms with Crippen LogP contribution < -0.4 is 10.1 Å². The number of nitrogens with one attached hydrogen (secondary N) is 1. The number of nitrogens with zero attached hydrogens (tertiary/aromatic N) is 1. The minimum atomic E-state index is -0.0219. The molecule has 2 aromatic carbocycles. The first-order valence-electron chi connectivity index (χ1n) is 10.5. The summed E-state index contributed by atoms with van der Waals surface area (Å²) in [6.45, 7) is 2.74. The lowest BCUT2D eigenvalue weighted by Crippen LogP contribution is -2.46. The monoisotopic (exact) mass is 428 g/mol. The number of ketones is 1. The molecule has 2 aliphatic rings. The minimum Gasteiger partial charge on any atom is -0.484 e. The van der Waals surface area contributed by atoms with Crippen molar-refractivity contribution in [1.29, 1.82) is 0 Å². The van der Waals surface area contributed by atoms with Crippen LogP contribution in [-0.2, 0) is 4.79 Å². The van der Waals surface area contributed by atoms with Crippen molar-refractivity contribution in [2.24, 2.45) is 5.92 Å². The van der Waals surface area contributed by atoms with Crippen LogP contribution in [0.25, 0.3) is 0 Å². The Morgan fingerprint density at radius 3 is 2.17 bits per heavy atom. The molecule has 1 N–H and O–H groups in total. The smallest absolute Gasteiger partial charge is 0.260 e. The zero-order valence-electron chi connectivity index (χ0n) is 17.1. The van der Waals surface area contributed by atoms with Crippen molar-refractivity contribution in [2.75, 3.05) is 26.2 Å². The highest BCUT2D eigenvalue weighted by Crippen LogP contribution is 2.28. The Labute approximate surface area is 184 Å². The van der Waals surface area contributed by atoms with E-state index in [4.69, 9.17) is 4.74 Å². The normalized spacial score (nSPS) is 16.6. The third-order valence-electron chi connectivity index (χ3n) is 5.75. The van der Waals surface area contributed by atoms with Crippen LogP contribution in [0.3, 0.4) is 0 Å².